The van der Waals surface area contributed by atoms with Crippen LogP contribution in [-0.4, -0.2) is 5.11 Å². The highest BCUT2D eigenvalue weighted by atomic mass is 16.3. The number of rotatable bonds is 4. The molecule has 9 rings (SSSR count). The van der Waals surface area contributed by atoms with E-state index in [9.17, 15) is 5.11 Å². The molecule has 0 heterocycles. The highest BCUT2D eigenvalue weighted by Crippen LogP contribution is 2.66. The quantitative estimate of drug-likeness (QED) is 0.461. The third kappa shape index (κ3) is 3.67. The molecule has 0 amide bonds. The van der Waals surface area contributed by atoms with Gasteiger partial charge in [0.2, 0.25) is 0 Å². The lowest BCUT2D eigenvalue weighted by molar-refractivity contribution is -0.0104. The van der Waals surface area contributed by atoms with E-state index in [4.69, 9.17) is 0 Å². The van der Waals surface area contributed by atoms with Crippen LogP contribution in [0.25, 0.3) is 0 Å². The summed E-state index contributed by atoms with van der Waals surface area (Å²) in [5.41, 5.74) is 5.27. The summed E-state index contributed by atoms with van der Waals surface area (Å²) in [5, 5.41) is 12.3. The molecule has 8 saturated carbocycles. The predicted molar refractivity (Wildman–Crippen MR) is 145 cm³/mol. The van der Waals surface area contributed by atoms with Gasteiger partial charge in [-0.1, -0.05) is 46.8 Å². The smallest absolute Gasteiger partial charge is 0.123 e. The summed E-state index contributed by atoms with van der Waals surface area (Å²) in [6, 6.07) is 5.11. The summed E-state index contributed by atoms with van der Waals surface area (Å²) in [4.78, 5) is 0. The zero-order valence-electron chi connectivity index (χ0n) is 23.3. The summed E-state index contributed by atoms with van der Waals surface area (Å²) < 4.78 is 0. The van der Waals surface area contributed by atoms with Crippen LogP contribution >= 0.6 is 0 Å². The molecule has 1 aromatic carbocycles. The third-order valence-corrected chi connectivity index (χ3v) is 12.1. The van der Waals surface area contributed by atoms with Crippen molar-refractivity contribution in [3.8, 4) is 5.75 Å². The van der Waals surface area contributed by atoms with Crippen LogP contribution in [0.3, 0.4) is 0 Å². The molecule has 0 saturated heterocycles. The standard InChI is InChI=1S/C34H50O/c1-31(2,3)20-32(4,5)27-12-28(33-14-21-6-22(15-33)8-23(7-21)16-33)30(35)29(13-27)34-17-24-9-25(18-34)11-26(10-24)19-34/h12-13,21-26,35H,6-11,14-20H2,1-5H3. The van der Waals surface area contributed by atoms with E-state index in [2.05, 4.69) is 46.8 Å². The first-order chi connectivity index (χ1) is 16.4. The van der Waals surface area contributed by atoms with Crippen molar-refractivity contribution in [2.24, 2.45) is 40.9 Å². The van der Waals surface area contributed by atoms with Crippen molar-refractivity contribution in [3.05, 3.63) is 28.8 Å². The number of phenols is 1. The molecule has 8 bridgehead atoms. The second-order valence-electron chi connectivity index (χ2n) is 16.9. The fourth-order valence-corrected chi connectivity index (χ4v) is 12.1. The van der Waals surface area contributed by atoms with Crippen molar-refractivity contribution in [2.75, 3.05) is 0 Å². The van der Waals surface area contributed by atoms with E-state index in [0.29, 0.717) is 5.41 Å². The minimum atomic E-state index is 0.125. The zero-order valence-corrected chi connectivity index (χ0v) is 23.3. The van der Waals surface area contributed by atoms with Gasteiger partial charge in [-0.15, -0.1) is 0 Å². The summed E-state index contributed by atoms with van der Waals surface area (Å²) >= 11 is 0. The van der Waals surface area contributed by atoms with E-state index in [1.807, 2.05) is 0 Å². The maximum atomic E-state index is 12.3. The van der Waals surface area contributed by atoms with Crippen molar-refractivity contribution in [2.45, 2.75) is 134 Å². The topological polar surface area (TPSA) is 20.2 Å². The Kier molecular flexibility index (Phi) is 4.84. The molecule has 8 aliphatic rings. The average molecular weight is 475 g/mol. The third-order valence-electron chi connectivity index (χ3n) is 12.1. The summed E-state index contributed by atoms with van der Waals surface area (Å²) in [5.74, 6) is 6.24. The van der Waals surface area contributed by atoms with E-state index in [1.54, 1.807) is 0 Å². The van der Waals surface area contributed by atoms with Crippen LogP contribution in [0.15, 0.2) is 12.1 Å². The van der Waals surface area contributed by atoms with Crippen molar-refractivity contribution < 1.29 is 5.11 Å². The Morgan fingerprint density at radius 1 is 0.629 bits per heavy atom. The Balaban J connectivity index is 1.39. The largest absolute Gasteiger partial charge is 0.507 e. The molecule has 192 valence electrons. The van der Waals surface area contributed by atoms with Gasteiger partial charge in [0, 0.05) is 11.1 Å². The van der Waals surface area contributed by atoms with Crippen LogP contribution in [0.4, 0.5) is 0 Å². The van der Waals surface area contributed by atoms with Gasteiger partial charge < -0.3 is 5.11 Å². The van der Waals surface area contributed by atoms with E-state index in [1.165, 1.54) is 100 Å². The van der Waals surface area contributed by atoms with Gasteiger partial charge in [-0.3, -0.25) is 0 Å². The molecule has 8 fully saturated rings. The van der Waals surface area contributed by atoms with Crippen LogP contribution in [0.2, 0.25) is 0 Å². The molecule has 1 N–H and O–H groups in total. The van der Waals surface area contributed by atoms with E-state index in [-0.39, 0.29) is 16.2 Å². The van der Waals surface area contributed by atoms with E-state index in [0.717, 1.165) is 41.3 Å². The first kappa shape index (κ1) is 23.2. The molecule has 0 spiro atoms. The lowest BCUT2D eigenvalue weighted by atomic mass is 9.46. The number of hydrogen-bond acceptors (Lipinski definition) is 1. The summed E-state index contributed by atoms with van der Waals surface area (Å²) in [6.07, 6.45) is 18.1. The van der Waals surface area contributed by atoms with Gasteiger partial charge in [-0.2, -0.15) is 0 Å². The second kappa shape index (κ2) is 7.32. The maximum Gasteiger partial charge on any atom is 0.123 e. The Morgan fingerprint density at radius 3 is 1.23 bits per heavy atom. The van der Waals surface area contributed by atoms with E-state index < -0.39 is 0 Å². The Morgan fingerprint density at radius 2 is 0.943 bits per heavy atom. The Hall–Kier alpha value is -0.980. The molecule has 35 heavy (non-hydrogen) atoms. The van der Waals surface area contributed by atoms with Gasteiger partial charge in [0.1, 0.15) is 5.75 Å². The molecular formula is C34H50O. The van der Waals surface area contributed by atoms with Gasteiger partial charge >= 0.3 is 0 Å². The molecule has 0 atom stereocenters. The SMILES string of the molecule is CC(C)(C)CC(C)(C)c1cc(C23CC4CC(CC(C4)C2)C3)c(O)c(C23CC4CC(CC(C4)C2)C3)c1. The summed E-state index contributed by atoms with van der Waals surface area (Å²) in [6.45, 7) is 12.2. The zero-order chi connectivity index (χ0) is 24.4. The average Bonchev–Trinajstić information content (AvgIpc) is 2.69. The van der Waals surface area contributed by atoms with Crippen molar-refractivity contribution in [1.82, 2.24) is 0 Å². The van der Waals surface area contributed by atoms with Crippen molar-refractivity contribution in [3.63, 3.8) is 0 Å². The van der Waals surface area contributed by atoms with Crippen LogP contribution in [-0.2, 0) is 16.2 Å². The highest BCUT2D eigenvalue weighted by molar-refractivity contribution is 5.54. The van der Waals surface area contributed by atoms with Gasteiger partial charge in [0.15, 0.2) is 0 Å². The second-order valence-corrected chi connectivity index (χ2v) is 16.9. The van der Waals surface area contributed by atoms with Gasteiger partial charge in [0.05, 0.1) is 0 Å². The van der Waals surface area contributed by atoms with Crippen molar-refractivity contribution in [1.29, 1.82) is 0 Å². The molecule has 0 aliphatic heterocycles. The normalized spacial score (nSPS) is 43.8. The molecule has 8 aliphatic carbocycles. The predicted octanol–water partition coefficient (Wildman–Crippen LogP) is 9.04. The first-order valence-electron chi connectivity index (χ1n) is 15.3. The lowest BCUT2D eigenvalue weighted by Crippen LogP contribution is -2.50. The molecule has 0 aromatic heterocycles. The minimum absolute atomic E-state index is 0.125. The van der Waals surface area contributed by atoms with Crippen molar-refractivity contribution >= 4 is 0 Å². The highest BCUT2D eigenvalue weighted by Gasteiger charge is 2.56. The number of aromatic hydroxyl groups is 1. The fraction of sp³-hybridized carbons (Fsp3) is 0.824. The van der Waals surface area contributed by atoms with Gasteiger partial charge in [-0.05, 0) is 146 Å². The van der Waals surface area contributed by atoms with Gasteiger partial charge in [-0.25, -0.2) is 0 Å². The summed E-state index contributed by atoms with van der Waals surface area (Å²) in [7, 11) is 0. The van der Waals surface area contributed by atoms with Crippen LogP contribution in [0.5, 0.6) is 5.75 Å². The first-order valence-corrected chi connectivity index (χ1v) is 15.3. The fourth-order valence-electron chi connectivity index (χ4n) is 12.1. The maximum absolute atomic E-state index is 12.3. The molecule has 1 aromatic rings. The Labute approximate surface area is 214 Å². The number of phenolic OH excluding ortho intramolecular Hbond substituents is 1. The molecule has 0 unspecified atom stereocenters. The molecule has 0 radical (unpaired) electrons. The number of benzene rings is 1. The van der Waals surface area contributed by atoms with E-state index >= 15 is 0 Å². The molecule has 1 nitrogen and oxygen atoms in total. The number of hydrogen-bond donors (Lipinski definition) is 1. The molecule has 1 heteroatoms. The monoisotopic (exact) mass is 474 g/mol. The van der Waals surface area contributed by atoms with Crippen LogP contribution in [0, 0.1) is 40.9 Å². The van der Waals surface area contributed by atoms with Gasteiger partial charge in [0.25, 0.3) is 0 Å². The van der Waals surface area contributed by atoms with Crippen LogP contribution < -0.4 is 0 Å². The van der Waals surface area contributed by atoms with Crippen LogP contribution in [0.1, 0.15) is 135 Å². The molecular weight excluding hydrogens is 424 g/mol. The Bertz CT molecular complexity index is 884. The lowest BCUT2D eigenvalue weighted by Gasteiger charge is -2.59. The minimum Gasteiger partial charge on any atom is -0.507 e.